The Labute approximate surface area is 109 Å². The average Bonchev–Trinajstić information content (AvgIpc) is 2.40. The van der Waals surface area contributed by atoms with Crippen molar-refractivity contribution in [2.45, 2.75) is 25.2 Å². The van der Waals surface area contributed by atoms with Gasteiger partial charge in [-0.25, -0.2) is 0 Å². The Morgan fingerprint density at radius 1 is 1.33 bits per heavy atom. The number of nitrogens with zero attached hydrogens (tertiary/aromatic N) is 1. The second kappa shape index (κ2) is 6.12. The van der Waals surface area contributed by atoms with Crippen LogP contribution in [0.25, 0.3) is 0 Å². The normalized spacial score (nSPS) is 17.9. The lowest BCUT2D eigenvalue weighted by Gasteiger charge is -2.30. The van der Waals surface area contributed by atoms with Gasteiger partial charge in [0.15, 0.2) is 5.78 Å². The first-order valence-corrected chi connectivity index (χ1v) is 6.73. The van der Waals surface area contributed by atoms with Gasteiger partial charge < -0.3 is 10.6 Å². The van der Waals surface area contributed by atoms with E-state index in [2.05, 4.69) is 18.0 Å². The molecule has 0 bridgehead atoms. The quantitative estimate of drug-likeness (QED) is 0.827. The zero-order chi connectivity index (χ0) is 13.0. The molecule has 0 amide bonds. The molecule has 1 aromatic rings. The van der Waals surface area contributed by atoms with Crippen molar-refractivity contribution in [3.63, 3.8) is 0 Å². The molecule has 0 saturated carbocycles. The van der Waals surface area contributed by atoms with Crippen LogP contribution in [0.1, 0.15) is 41.1 Å². The van der Waals surface area contributed by atoms with Crippen molar-refractivity contribution < 1.29 is 4.79 Å². The van der Waals surface area contributed by atoms with E-state index >= 15 is 0 Å². The largest absolute Gasteiger partial charge is 0.330 e. The third-order valence-electron chi connectivity index (χ3n) is 3.79. The van der Waals surface area contributed by atoms with Gasteiger partial charge in [0.1, 0.15) is 0 Å². The SMILES string of the molecule is CN1CCC(c2ccccc2C(=O)CCN)CC1. The summed E-state index contributed by atoms with van der Waals surface area (Å²) in [6, 6.07) is 8.04. The highest BCUT2D eigenvalue weighted by Crippen LogP contribution is 2.30. The molecule has 1 heterocycles. The van der Waals surface area contributed by atoms with Gasteiger partial charge in [-0.05, 0) is 51.0 Å². The summed E-state index contributed by atoms with van der Waals surface area (Å²) in [5.74, 6) is 0.714. The number of ketones is 1. The lowest BCUT2D eigenvalue weighted by Crippen LogP contribution is -2.29. The molecule has 98 valence electrons. The first-order chi connectivity index (χ1) is 8.72. The number of carbonyl (C=O) groups excluding carboxylic acids is 1. The van der Waals surface area contributed by atoms with Crippen molar-refractivity contribution in [2.24, 2.45) is 5.73 Å². The topological polar surface area (TPSA) is 46.3 Å². The Morgan fingerprint density at radius 3 is 2.67 bits per heavy atom. The Bertz CT molecular complexity index is 409. The van der Waals surface area contributed by atoms with E-state index in [0.717, 1.165) is 31.5 Å². The van der Waals surface area contributed by atoms with Crippen LogP contribution >= 0.6 is 0 Å². The minimum Gasteiger partial charge on any atom is -0.330 e. The lowest BCUT2D eigenvalue weighted by atomic mass is 9.85. The van der Waals surface area contributed by atoms with Gasteiger partial charge in [-0.3, -0.25) is 4.79 Å². The van der Waals surface area contributed by atoms with Crippen molar-refractivity contribution in [1.29, 1.82) is 0 Å². The molecule has 0 unspecified atom stereocenters. The van der Waals surface area contributed by atoms with Crippen LogP contribution in [0.5, 0.6) is 0 Å². The average molecular weight is 246 g/mol. The van der Waals surface area contributed by atoms with Crippen molar-refractivity contribution in [3.05, 3.63) is 35.4 Å². The predicted octanol–water partition coefficient (Wildman–Crippen LogP) is 2.03. The Kier molecular flexibility index (Phi) is 4.50. The van der Waals surface area contributed by atoms with Gasteiger partial charge in [-0.2, -0.15) is 0 Å². The molecule has 18 heavy (non-hydrogen) atoms. The molecule has 0 atom stereocenters. The number of hydrogen-bond acceptors (Lipinski definition) is 3. The highest BCUT2D eigenvalue weighted by atomic mass is 16.1. The number of nitrogens with two attached hydrogens (primary N) is 1. The molecule has 0 aliphatic carbocycles. The molecule has 3 heteroatoms. The molecule has 0 aromatic heterocycles. The Hall–Kier alpha value is -1.19. The van der Waals surface area contributed by atoms with Crippen molar-refractivity contribution >= 4 is 5.78 Å². The van der Waals surface area contributed by atoms with Crippen LogP contribution in [-0.2, 0) is 0 Å². The van der Waals surface area contributed by atoms with Crippen molar-refractivity contribution in [3.8, 4) is 0 Å². The fourth-order valence-electron chi connectivity index (χ4n) is 2.69. The summed E-state index contributed by atoms with van der Waals surface area (Å²) in [5.41, 5.74) is 7.60. The van der Waals surface area contributed by atoms with Gasteiger partial charge in [0, 0.05) is 12.0 Å². The number of rotatable bonds is 4. The first-order valence-electron chi connectivity index (χ1n) is 6.73. The van der Waals surface area contributed by atoms with Crippen LogP contribution in [0.4, 0.5) is 0 Å². The number of hydrogen-bond donors (Lipinski definition) is 1. The molecule has 1 aromatic carbocycles. The highest BCUT2D eigenvalue weighted by Gasteiger charge is 2.22. The molecule has 1 fully saturated rings. The number of Topliss-reactive ketones (excluding diaryl/α,β-unsaturated/α-hetero) is 1. The lowest BCUT2D eigenvalue weighted by molar-refractivity contribution is 0.0983. The fraction of sp³-hybridized carbons (Fsp3) is 0.533. The van der Waals surface area contributed by atoms with Gasteiger partial charge in [-0.1, -0.05) is 24.3 Å². The standard InChI is InChI=1S/C15H22N2O/c1-17-10-7-12(8-11-17)13-4-2-3-5-14(13)15(18)6-9-16/h2-5,12H,6-11,16H2,1H3. The molecule has 1 aliphatic heterocycles. The fourth-order valence-corrected chi connectivity index (χ4v) is 2.69. The molecular formula is C15H22N2O. The van der Waals surface area contributed by atoms with Gasteiger partial charge in [0.2, 0.25) is 0 Å². The summed E-state index contributed by atoms with van der Waals surface area (Å²) in [5, 5.41) is 0. The molecular weight excluding hydrogens is 224 g/mol. The molecule has 0 spiro atoms. The van der Waals surface area contributed by atoms with E-state index < -0.39 is 0 Å². The molecule has 0 radical (unpaired) electrons. The maximum Gasteiger partial charge on any atom is 0.164 e. The van der Waals surface area contributed by atoms with E-state index in [1.54, 1.807) is 0 Å². The van der Waals surface area contributed by atoms with Crippen molar-refractivity contribution in [1.82, 2.24) is 4.90 Å². The van der Waals surface area contributed by atoms with E-state index in [9.17, 15) is 4.79 Å². The van der Waals surface area contributed by atoms with E-state index in [1.165, 1.54) is 5.56 Å². The number of piperidine rings is 1. The molecule has 1 aliphatic rings. The summed E-state index contributed by atoms with van der Waals surface area (Å²) in [6.45, 7) is 2.66. The maximum absolute atomic E-state index is 12.1. The predicted molar refractivity (Wildman–Crippen MR) is 73.9 cm³/mol. The smallest absolute Gasteiger partial charge is 0.164 e. The monoisotopic (exact) mass is 246 g/mol. The number of benzene rings is 1. The van der Waals surface area contributed by atoms with Gasteiger partial charge >= 0.3 is 0 Å². The van der Waals surface area contributed by atoms with E-state index in [1.807, 2.05) is 18.2 Å². The minimum atomic E-state index is 0.187. The van der Waals surface area contributed by atoms with Crippen LogP contribution in [0.15, 0.2) is 24.3 Å². The third-order valence-corrected chi connectivity index (χ3v) is 3.79. The van der Waals surface area contributed by atoms with Crippen LogP contribution in [0.2, 0.25) is 0 Å². The van der Waals surface area contributed by atoms with E-state index in [0.29, 0.717) is 18.9 Å². The van der Waals surface area contributed by atoms with Gasteiger partial charge in [-0.15, -0.1) is 0 Å². The maximum atomic E-state index is 12.1. The van der Waals surface area contributed by atoms with Gasteiger partial charge in [0.25, 0.3) is 0 Å². The van der Waals surface area contributed by atoms with Crippen LogP contribution in [-0.4, -0.2) is 37.4 Å². The summed E-state index contributed by atoms with van der Waals surface area (Å²) in [7, 11) is 2.15. The first kappa shape index (κ1) is 13.2. The second-order valence-electron chi connectivity index (χ2n) is 5.13. The summed E-state index contributed by atoms with van der Waals surface area (Å²) in [6.07, 6.45) is 2.73. The van der Waals surface area contributed by atoms with E-state index in [-0.39, 0.29) is 5.78 Å². The third kappa shape index (κ3) is 2.98. The van der Waals surface area contributed by atoms with Crippen LogP contribution in [0.3, 0.4) is 0 Å². The zero-order valence-electron chi connectivity index (χ0n) is 11.1. The van der Waals surface area contributed by atoms with Crippen LogP contribution < -0.4 is 5.73 Å². The van der Waals surface area contributed by atoms with Crippen molar-refractivity contribution in [2.75, 3.05) is 26.7 Å². The summed E-state index contributed by atoms with van der Waals surface area (Å²) in [4.78, 5) is 14.4. The van der Waals surface area contributed by atoms with Crippen LogP contribution in [0, 0.1) is 0 Å². The summed E-state index contributed by atoms with van der Waals surface area (Å²) < 4.78 is 0. The zero-order valence-corrected chi connectivity index (χ0v) is 11.1. The number of likely N-dealkylation sites (tertiary alicyclic amines) is 1. The molecule has 1 saturated heterocycles. The Morgan fingerprint density at radius 2 is 2.00 bits per heavy atom. The summed E-state index contributed by atoms with van der Waals surface area (Å²) >= 11 is 0. The van der Waals surface area contributed by atoms with Gasteiger partial charge in [0.05, 0.1) is 0 Å². The Balaban J connectivity index is 2.19. The van der Waals surface area contributed by atoms with E-state index in [4.69, 9.17) is 5.73 Å². The minimum absolute atomic E-state index is 0.187. The molecule has 2 rings (SSSR count). The molecule has 3 nitrogen and oxygen atoms in total. The molecule has 2 N–H and O–H groups in total. The second-order valence-corrected chi connectivity index (χ2v) is 5.13. The number of carbonyl (C=O) groups is 1. The highest BCUT2D eigenvalue weighted by molar-refractivity contribution is 5.97.